The lowest BCUT2D eigenvalue weighted by Crippen LogP contribution is -2.23. The topological polar surface area (TPSA) is 24.9 Å². The van der Waals surface area contributed by atoms with Crippen LogP contribution < -0.4 is 5.32 Å². The number of halogens is 1. The van der Waals surface area contributed by atoms with Gasteiger partial charge in [-0.1, -0.05) is 6.92 Å². The zero-order valence-electron chi connectivity index (χ0n) is 9.65. The monoisotopic (exact) mass is 330 g/mol. The van der Waals surface area contributed by atoms with Gasteiger partial charge in [0.1, 0.15) is 0 Å². The van der Waals surface area contributed by atoms with Gasteiger partial charge in [-0.25, -0.2) is 4.98 Å². The zero-order valence-corrected chi connectivity index (χ0v) is 12.9. The maximum absolute atomic E-state index is 4.37. The van der Waals surface area contributed by atoms with E-state index in [0.29, 0.717) is 6.04 Å². The van der Waals surface area contributed by atoms with Crippen molar-refractivity contribution in [2.45, 2.75) is 25.8 Å². The van der Waals surface area contributed by atoms with Crippen LogP contribution in [0.2, 0.25) is 0 Å². The van der Waals surface area contributed by atoms with Crippen LogP contribution in [0.5, 0.6) is 0 Å². The van der Waals surface area contributed by atoms with Gasteiger partial charge in [-0.05, 0) is 40.3 Å². The standard InChI is InChI=1S/C12H15BrN2S2/c1-2-4-14-10(8-11-15-5-7-16-11)12-9(13)3-6-17-12/h3,5-7,10,14H,2,4,8H2,1H3. The van der Waals surface area contributed by atoms with Gasteiger partial charge < -0.3 is 5.32 Å². The maximum Gasteiger partial charge on any atom is 0.0944 e. The molecule has 5 heteroatoms. The number of thiazole rings is 1. The van der Waals surface area contributed by atoms with E-state index in [4.69, 9.17) is 0 Å². The Kier molecular flexibility index (Phi) is 5.16. The zero-order chi connectivity index (χ0) is 12.1. The molecule has 0 spiro atoms. The fourth-order valence-electron chi connectivity index (χ4n) is 1.66. The first-order chi connectivity index (χ1) is 8.31. The second-order valence-electron chi connectivity index (χ2n) is 3.77. The molecular weight excluding hydrogens is 316 g/mol. The van der Waals surface area contributed by atoms with Gasteiger partial charge in [0.05, 0.1) is 5.01 Å². The predicted molar refractivity (Wildman–Crippen MR) is 78.9 cm³/mol. The quantitative estimate of drug-likeness (QED) is 0.856. The van der Waals surface area contributed by atoms with Crippen molar-refractivity contribution in [1.29, 1.82) is 0 Å². The molecule has 92 valence electrons. The smallest absolute Gasteiger partial charge is 0.0944 e. The third kappa shape index (κ3) is 3.61. The highest BCUT2D eigenvalue weighted by molar-refractivity contribution is 9.10. The summed E-state index contributed by atoms with van der Waals surface area (Å²) in [5.74, 6) is 0. The van der Waals surface area contributed by atoms with Gasteiger partial charge in [-0.15, -0.1) is 22.7 Å². The Bertz CT molecular complexity index is 439. The Hall–Kier alpha value is -0.230. The van der Waals surface area contributed by atoms with Gasteiger partial charge in [0, 0.05) is 33.4 Å². The maximum atomic E-state index is 4.37. The van der Waals surface area contributed by atoms with Gasteiger partial charge in [-0.2, -0.15) is 0 Å². The SMILES string of the molecule is CCCNC(Cc1nccs1)c1sccc1Br. The lowest BCUT2D eigenvalue weighted by Gasteiger charge is -2.16. The minimum absolute atomic E-state index is 0.371. The van der Waals surface area contributed by atoms with Crippen LogP contribution in [0.25, 0.3) is 0 Å². The first-order valence-electron chi connectivity index (χ1n) is 5.66. The van der Waals surface area contributed by atoms with E-state index in [9.17, 15) is 0 Å². The Balaban J connectivity index is 2.11. The molecule has 0 amide bonds. The summed E-state index contributed by atoms with van der Waals surface area (Å²) < 4.78 is 1.20. The van der Waals surface area contributed by atoms with Crippen molar-refractivity contribution in [1.82, 2.24) is 10.3 Å². The average Bonchev–Trinajstić information content (AvgIpc) is 2.95. The van der Waals surface area contributed by atoms with Crippen LogP contribution >= 0.6 is 38.6 Å². The van der Waals surface area contributed by atoms with Gasteiger partial charge in [0.15, 0.2) is 0 Å². The molecule has 2 heterocycles. The highest BCUT2D eigenvalue weighted by Crippen LogP contribution is 2.31. The van der Waals surface area contributed by atoms with Crippen LogP contribution in [-0.2, 0) is 6.42 Å². The van der Waals surface area contributed by atoms with Crippen molar-refractivity contribution >= 4 is 38.6 Å². The van der Waals surface area contributed by atoms with Crippen LogP contribution in [0.3, 0.4) is 0 Å². The molecule has 0 aliphatic heterocycles. The molecule has 0 radical (unpaired) electrons. The summed E-state index contributed by atoms with van der Waals surface area (Å²) in [5.41, 5.74) is 0. The van der Waals surface area contributed by atoms with Crippen LogP contribution in [0.1, 0.15) is 29.3 Å². The molecule has 0 aliphatic carbocycles. The number of nitrogens with one attached hydrogen (secondary N) is 1. The Labute approximate surface area is 118 Å². The predicted octanol–water partition coefficient (Wildman–Crippen LogP) is 4.25. The molecule has 0 fully saturated rings. The van der Waals surface area contributed by atoms with E-state index >= 15 is 0 Å². The second-order valence-corrected chi connectivity index (χ2v) is 6.55. The van der Waals surface area contributed by atoms with E-state index in [1.165, 1.54) is 14.4 Å². The van der Waals surface area contributed by atoms with E-state index in [1.807, 2.05) is 11.6 Å². The second kappa shape index (κ2) is 6.64. The van der Waals surface area contributed by atoms with E-state index < -0.39 is 0 Å². The molecule has 2 nitrogen and oxygen atoms in total. The van der Waals surface area contributed by atoms with E-state index in [-0.39, 0.29) is 0 Å². The molecule has 0 bridgehead atoms. The molecule has 17 heavy (non-hydrogen) atoms. The minimum atomic E-state index is 0.371. The largest absolute Gasteiger partial charge is 0.309 e. The van der Waals surface area contributed by atoms with E-state index in [2.05, 4.69) is 44.6 Å². The Morgan fingerprint density at radius 1 is 1.41 bits per heavy atom. The van der Waals surface area contributed by atoms with E-state index in [0.717, 1.165) is 19.4 Å². The van der Waals surface area contributed by atoms with Crippen molar-refractivity contribution < 1.29 is 0 Å². The third-order valence-corrected chi connectivity index (χ3v) is 5.25. The van der Waals surface area contributed by atoms with Crippen LogP contribution in [0.4, 0.5) is 0 Å². The van der Waals surface area contributed by atoms with Crippen molar-refractivity contribution in [3.05, 3.63) is 37.4 Å². The molecule has 2 aromatic heterocycles. The molecule has 0 aromatic carbocycles. The summed E-state index contributed by atoms with van der Waals surface area (Å²) in [5, 5.41) is 8.96. The summed E-state index contributed by atoms with van der Waals surface area (Å²) in [7, 11) is 0. The van der Waals surface area contributed by atoms with E-state index in [1.54, 1.807) is 22.7 Å². The van der Waals surface area contributed by atoms with Crippen molar-refractivity contribution in [3.8, 4) is 0 Å². The van der Waals surface area contributed by atoms with Crippen molar-refractivity contribution in [2.75, 3.05) is 6.54 Å². The number of rotatable bonds is 6. The van der Waals surface area contributed by atoms with Crippen LogP contribution in [0, 0.1) is 0 Å². The normalized spacial score (nSPS) is 12.8. The molecule has 0 aliphatic rings. The van der Waals surface area contributed by atoms with Gasteiger partial charge >= 0.3 is 0 Å². The first-order valence-corrected chi connectivity index (χ1v) is 8.21. The average molecular weight is 331 g/mol. The van der Waals surface area contributed by atoms with Gasteiger partial charge in [0.25, 0.3) is 0 Å². The van der Waals surface area contributed by atoms with Crippen LogP contribution in [0.15, 0.2) is 27.5 Å². The molecule has 2 rings (SSSR count). The fraction of sp³-hybridized carbons (Fsp3) is 0.417. The van der Waals surface area contributed by atoms with Gasteiger partial charge in [0.2, 0.25) is 0 Å². The number of hydrogen-bond donors (Lipinski definition) is 1. The Morgan fingerprint density at radius 3 is 2.88 bits per heavy atom. The number of aromatic nitrogens is 1. The summed E-state index contributed by atoms with van der Waals surface area (Å²) in [6.07, 6.45) is 3.99. The fourth-order valence-corrected chi connectivity index (χ4v) is 4.05. The van der Waals surface area contributed by atoms with Crippen molar-refractivity contribution in [3.63, 3.8) is 0 Å². The minimum Gasteiger partial charge on any atom is -0.309 e. The van der Waals surface area contributed by atoms with Crippen LogP contribution in [-0.4, -0.2) is 11.5 Å². The molecule has 0 saturated heterocycles. The van der Waals surface area contributed by atoms with Gasteiger partial charge in [-0.3, -0.25) is 0 Å². The summed E-state index contributed by atoms with van der Waals surface area (Å²) in [6.45, 7) is 3.23. The summed E-state index contributed by atoms with van der Waals surface area (Å²) in [6, 6.07) is 2.48. The van der Waals surface area contributed by atoms with Crippen molar-refractivity contribution in [2.24, 2.45) is 0 Å². The number of thiophene rings is 1. The number of nitrogens with zero attached hydrogens (tertiary/aromatic N) is 1. The Morgan fingerprint density at radius 2 is 2.29 bits per heavy atom. The number of hydrogen-bond acceptors (Lipinski definition) is 4. The first kappa shape index (κ1) is 13.2. The molecule has 2 aromatic rings. The highest BCUT2D eigenvalue weighted by Gasteiger charge is 2.16. The molecule has 0 saturated carbocycles. The lowest BCUT2D eigenvalue weighted by atomic mass is 10.1. The highest BCUT2D eigenvalue weighted by atomic mass is 79.9. The third-order valence-electron chi connectivity index (χ3n) is 2.46. The molecule has 1 unspecified atom stereocenters. The summed E-state index contributed by atoms with van der Waals surface area (Å²) >= 11 is 7.14. The molecule has 1 N–H and O–H groups in total. The molecular formula is C12H15BrN2S2. The molecule has 1 atom stereocenters. The summed E-state index contributed by atoms with van der Waals surface area (Å²) in [4.78, 5) is 5.74. The lowest BCUT2D eigenvalue weighted by molar-refractivity contribution is 0.534.